The number of carbonyl (C=O) groups is 3. The molecule has 7 aliphatic rings. The first-order valence-corrected chi connectivity index (χ1v) is 38.5. The van der Waals surface area contributed by atoms with E-state index in [1.165, 1.54) is 57.6 Å². The van der Waals surface area contributed by atoms with E-state index < -0.39 is 19.7 Å². The average Bonchev–Trinajstić information content (AvgIpc) is 1.65. The van der Waals surface area contributed by atoms with Gasteiger partial charge in [0.05, 0.1) is 72.8 Å². The molecule has 6 bridgehead atoms. The number of allylic oxidation sites excluding steroid dienone is 2. The first-order valence-electron chi connectivity index (χ1n) is 34.3. The van der Waals surface area contributed by atoms with Gasteiger partial charge in [-0.1, -0.05) is 23.8 Å². The minimum Gasteiger partial charge on any atom is -0.391 e. The highest BCUT2D eigenvalue weighted by molar-refractivity contribution is 7.91. The second kappa shape index (κ2) is 29.7. The highest BCUT2D eigenvalue weighted by Crippen LogP contribution is 2.41. The van der Waals surface area contributed by atoms with Crippen LogP contribution in [-0.4, -0.2) is 163 Å². The summed E-state index contributed by atoms with van der Waals surface area (Å²) in [6.45, 7) is 7.84. The number of hydrogen-bond acceptors (Lipinski definition) is 14. The lowest BCUT2D eigenvalue weighted by Gasteiger charge is -2.23. The van der Waals surface area contributed by atoms with E-state index >= 15 is 0 Å². The number of halogens is 1. The molecule has 7 fully saturated rings. The molecule has 7 aromatic rings. The SMILES string of the molecule is Cc1c(C(=O)CN2C3CCC2CC3)cc(/C=C\CCS(C)(=O)=O)n1-c1ccc(C#N)cc1.Cc1c(C(=O)CN2C3CCC2CC3)cc(CC2CCS(=O)(=O)CC2)n1-c1ccc(Cl)cc1.Cc1c(C(=O)CN2C3CCC2[C@@H](O)C3)cc(/C=C/Cn2cccn2)n1-c1ccc(C#N)cc1. The van der Waals surface area contributed by atoms with E-state index in [0.717, 1.165) is 82.5 Å². The van der Waals surface area contributed by atoms with Crippen LogP contribution in [0.1, 0.15) is 166 Å². The molecular weight excluding hydrogens is 1280 g/mol. The summed E-state index contributed by atoms with van der Waals surface area (Å²) in [5, 5.41) is 33.4. The van der Waals surface area contributed by atoms with Crippen molar-refractivity contribution in [1.82, 2.24) is 38.2 Å². The summed E-state index contributed by atoms with van der Waals surface area (Å²) >= 11 is 6.12. The van der Waals surface area contributed by atoms with E-state index in [9.17, 15) is 36.3 Å². The maximum atomic E-state index is 13.4. The second-order valence-corrected chi connectivity index (χ2v) is 32.6. The average molecular weight is 1370 g/mol. The molecule has 2 unspecified atom stereocenters. The quantitative estimate of drug-likeness (QED) is 0.0660. The number of Topliss-reactive ketones (excluding diaryl/α,β-unsaturated/α-hetero) is 3. The third kappa shape index (κ3) is 15.7. The normalized spacial score (nSPS) is 22.8. The fraction of sp³-hybridized carbons (Fsp3) is 0.447. The molecule has 0 radical (unpaired) electrons. The fourth-order valence-electron chi connectivity index (χ4n) is 16.4. The predicted octanol–water partition coefficient (Wildman–Crippen LogP) is 11.9. The van der Waals surface area contributed by atoms with Gasteiger partial charge in [-0.05, 0) is 232 Å². The molecule has 21 heteroatoms. The van der Waals surface area contributed by atoms with Crippen LogP contribution in [0.2, 0.25) is 5.02 Å². The predicted molar refractivity (Wildman–Crippen MR) is 378 cm³/mol. The molecule has 1 N–H and O–H groups in total. The Morgan fingerprint density at radius 2 is 1.05 bits per heavy atom. The van der Waals surface area contributed by atoms with Gasteiger partial charge < -0.3 is 18.8 Å². The number of carbonyl (C=O) groups excluding carboxylic acids is 3. The zero-order valence-electron chi connectivity index (χ0n) is 55.8. The molecule has 11 heterocycles. The van der Waals surface area contributed by atoms with Crippen molar-refractivity contribution >= 4 is 60.8 Å². The van der Waals surface area contributed by atoms with Crippen LogP contribution in [0, 0.1) is 49.4 Å². The highest BCUT2D eigenvalue weighted by atomic mass is 35.5. The van der Waals surface area contributed by atoms with Gasteiger partial charge in [-0.15, -0.1) is 0 Å². The maximum Gasteiger partial charge on any atom is 0.178 e. The molecule has 14 rings (SSSR count). The lowest BCUT2D eigenvalue weighted by Crippen LogP contribution is -2.36. The minimum atomic E-state index is -3.03. The number of aromatic nitrogens is 5. The first-order chi connectivity index (χ1) is 46.6. The number of benzene rings is 3. The van der Waals surface area contributed by atoms with Gasteiger partial charge in [-0.25, -0.2) is 16.8 Å². The molecule has 4 aromatic heterocycles. The summed E-state index contributed by atoms with van der Waals surface area (Å²) in [5.41, 5.74) is 11.6. The van der Waals surface area contributed by atoms with Crippen molar-refractivity contribution in [2.45, 2.75) is 166 Å². The number of rotatable bonds is 21. The molecular formula is C76H87ClN10O8S2. The van der Waals surface area contributed by atoms with E-state index in [1.54, 1.807) is 30.5 Å². The lowest BCUT2D eigenvalue weighted by atomic mass is 9.96. The number of hydrogen-bond donors (Lipinski definition) is 1. The number of fused-ring (bicyclic) bond motifs is 6. The molecule has 0 spiro atoms. The van der Waals surface area contributed by atoms with Gasteiger partial charge in [0, 0.05) is 128 Å². The third-order valence-electron chi connectivity index (χ3n) is 21.5. The van der Waals surface area contributed by atoms with Crippen molar-refractivity contribution in [2.24, 2.45) is 5.92 Å². The van der Waals surface area contributed by atoms with Crippen molar-refractivity contribution in [2.75, 3.05) is 43.1 Å². The van der Waals surface area contributed by atoms with Gasteiger partial charge >= 0.3 is 0 Å². The number of aliphatic hydroxyl groups excluding tert-OH is 1. The van der Waals surface area contributed by atoms with Crippen LogP contribution in [0.5, 0.6) is 0 Å². The highest BCUT2D eigenvalue weighted by Gasteiger charge is 2.46. The Morgan fingerprint density at radius 3 is 1.49 bits per heavy atom. The number of aliphatic hydroxyl groups is 1. The van der Waals surface area contributed by atoms with Gasteiger partial charge in [0.15, 0.2) is 17.3 Å². The summed E-state index contributed by atoms with van der Waals surface area (Å²) in [6, 6.07) is 37.1. The molecule has 0 aliphatic carbocycles. The van der Waals surface area contributed by atoms with Gasteiger partial charge in [-0.2, -0.15) is 15.6 Å². The Kier molecular flexibility index (Phi) is 21.2. The zero-order chi connectivity index (χ0) is 68.3. The van der Waals surface area contributed by atoms with Gasteiger partial charge in [-0.3, -0.25) is 33.8 Å². The van der Waals surface area contributed by atoms with Crippen LogP contribution in [0.4, 0.5) is 0 Å². The Labute approximate surface area is 575 Å². The third-order valence-corrected chi connectivity index (χ3v) is 24.4. The van der Waals surface area contributed by atoms with E-state index in [0.29, 0.717) is 109 Å². The Balaban J connectivity index is 0.000000139. The molecule has 18 nitrogen and oxygen atoms in total. The van der Waals surface area contributed by atoms with Gasteiger partial charge in [0.2, 0.25) is 0 Å². The Morgan fingerprint density at radius 1 is 0.608 bits per heavy atom. The second-order valence-electron chi connectivity index (χ2n) is 27.6. The van der Waals surface area contributed by atoms with Crippen molar-refractivity contribution in [3.8, 4) is 29.2 Å². The zero-order valence-corrected chi connectivity index (χ0v) is 58.2. The van der Waals surface area contributed by atoms with Crippen molar-refractivity contribution < 1.29 is 36.3 Å². The fourth-order valence-corrected chi connectivity index (χ4v) is 18.7. The number of ketones is 3. The van der Waals surface area contributed by atoms with Crippen molar-refractivity contribution in [1.29, 1.82) is 10.5 Å². The number of nitrogens with zero attached hydrogens (tertiary/aromatic N) is 10. The van der Waals surface area contributed by atoms with Gasteiger partial charge in [0.1, 0.15) is 19.7 Å². The monoisotopic (exact) mass is 1370 g/mol. The van der Waals surface area contributed by atoms with Crippen LogP contribution in [-0.2, 0) is 32.6 Å². The standard InChI is InChI=1S/C26H27N5O2.C25H31ClN2O3S.C25H29N3O3S/c1-18-23(26(33)17-30-21-9-10-24(30)25(32)15-21)14-22(4-2-12-29-13-3-11-28-29)31(18)20-7-5-19(16-27)6-8-20;1-17-24(25(29)16-27-20-6-7-21(27)9-8-20)15-23(14-18-10-12-32(30,31)13-11-18)28(17)22-4-2-19(26)3-5-22;1-18-24(25(29)17-27-20-10-11-21(27)13-12-20)15-23(5-3-4-14-32(2,30)31)28(18)22-8-6-19(16-26)7-9-22/h2-8,11,13-14,21,24-25,32H,9-10,12,15,17H2,1H3;2-5,15,18,20-21H,6-14,16H2,1H3;3,5-9,15,20-21H,4,10-14,17H2,1-2H3/b4-2+;;5-3-/t21?,24?,25-;;/m0../s1. The number of nitriles is 2. The maximum absolute atomic E-state index is 13.4. The van der Waals surface area contributed by atoms with Crippen LogP contribution in [0.3, 0.4) is 0 Å². The molecule has 508 valence electrons. The minimum absolute atomic E-state index is 0.0765. The largest absolute Gasteiger partial charge is 0.391 e. The summed E-state index contributed by atoms with van der Waals surface area (Å²) in [4.78, 5) is 47.1. The van der Waals surface area contributed by atoms with Crippen LogP contribution >= 0.6 is 11.6 Å². The summed E-state index contributed by atoms with van der Waals surface area (Å²) < 4.78 is 54.7. The summed E-state index contributed by atoms with van der Waals surface area (Å²) in [6.07, 6.45) is 27.3. The molecule has 7 aliphatic heterocycles. The van der Waals surface area contributed by atoms with Crippen LogP contribution in [0.25, 0.3) is 29.2 Å². The van der Waals surface area contributed by atoms with E-state index in [4.69, 9.17) is 22.1 Å². The molecule has 0 amide bonds. The molecule has 97 heavy (non-hydrogen) atoms. The smallest absolute Gasteiger partial charge is 0.178 e. The van der Waals surface area contributed by atoms with Crippen molar-refractivity contribution in [3.63, 3.8) is 0 Å². The van der Waals surface area contributed by atoms with Crippen LogP contribution < -0.4 is 0 Å². The molecule has 3 atom stereocenters. The lowest BCUT2D eigenvalue weighted by molar-refractivity contribution is 0.0871. The summed E-state index contributed by atoms with van der Waals surface area (Å²) in [5.74, 6) is 1.33. The van der Waals surface area contributed by atoms with Gasteiger partial charge in [0.25, 0.3) is 0 Å². The van der Waals surface area contributed by atoms with Crippen LogP contribution in [0.15, 0.2) is 122 Å². The summed E-state index contributed by atoms with van der Waals surface area (Å²) in [7, 11) is -5.92. The Bertz CT molecular complexity index is 4370. The first kappa shape index (κ1) is 69.1. The van der Waals surface area contributed by atoms with E-state index in [-0.39, 0.29) is 46.8 Å². The van der Waals surface area contributed by atoms with E-state index in [2.05, 4.69) is 47.1 Å². The molecule has 3 aromatic carbocycles. The molecule has 0 saturated carbocycles. The Hall–Kier alpha value is -7.79. The van der Waals surface area contributed by atoms with E-state index in [1.807, 2.05) is 127 Å². The number of sulfone groups is 2. The topological polar surface area (TPSA) is 230 Å². The van der Waals surface area contributed by atoms with Crippen molar-refractivity contribution in [3.05, 3.63) is 189 Å². The molecule has 7 saturated heterocycles.